The normalized spacial score (nSPS) is 14.3. The smallest absolute Gasteiger partial charge is 0.317 e. The highest BCUT2D eigenvalue weighted by Gasteiger charge is 2.22. The zero-order valence-corrected chi connectivity index (χ0v) is 18.8. The van der Waals surface area contributed by atoms with Crippen LogP contribution in [0.2, 0.25) is 0 Å². The molecule has 1 aliphatic rings. The molecule has 0 saturated carbocycles. The van der Waals surface area contributed by atoms with E-state index >= 15 is 0 Å². The molecule has 166 valence electrons. The fourth-order valence-electron chi connectivity index (χ4n) is 4.10. The third-order valence-electron chi connectivity index (χ3n) is 6.15. The molecule has 1 fully saturated rings. The van der Waals surface area contributed by atoms with Crippen LogP contribution in [0, 0.1) is 12.8 Å². The van der Waals surface area contributed by atoms with Gasteiger partial charge in [0, 0.05) is 39.6 Å². The Hall–Kier alpha value is -2.82. The first kappa shape index (κ1) is 22.9. The first-order valence-corrected chi connectivity index (χ1v) is 11.4. The molecule has 0 spiro atoms. The van der Waals surface area contributed by atoms with E-state index in [1.807, 2.05) is 35.2 Å². The van der Waals surface area contributed by atoms with Crippen molar-refractivity contribution in [3.05, 3.63) is 71.3 Å². The molecular formula is C26H35N3O2. The molecule has 2 aromatic carbocycles. The van der Waals surface area contributed by atoms with Crippen LogP contribution < -0.4 is 5.32 Å². The van der Waals surface area contributed by atoms with Gasteiger partial charge in [0.2, 0.25) is 5.91 Å². The van der Waals surface area contributed by atoms with Crippen LogP contribution in [0.25, 0.3) is 0 Å². The Morgan fingerprint density at radius 2 is 1.68 bits per heavy atom. The van der Waals surface area contributed by atoms with Crippen LogP contribution in [-0.2, 0) is 17.8 Å². The monoisotopic (exact) mass is 421 g/mol. The zero-order chi connectivity index (χ0) is 22.1. The summed E-state index contributed by atoms with van der Waals surface area (Å²) in [6, 6.07) is 18.5. The van der Waals surface area contributed by atoms with Crippen LogP contribution >= 0.6 is 0 Å². The van der Waals surface area contributed by atoms with Crippen LogP contribution in [0.5, 0.6) is 0 Å². The standard InChI is InChI=1S/C26H35N3O2/c1-21-8-10-22(11-9-21)12-13-23-15-18-29(19-16-23)25(30)14-17-27-26(31)28(2)20-24-6-4-3-5-7-24/h3-11,23H,12-20H2,1-2H3,(H,27,31). The number of hydrogen-bond donors (Lipinski definition) is 1. The number of amides is 3. The van der Waals surface area contributed by atoms with Crippen LogP contribution in [0.15, 0.2) is 54.6 Å². The summed E-state index contributed by atoms with van der Waals surface area (Å²) < 4.78 is 0. The molecule has 0 aliphatic carbocycles. The molecule has 1 saturated heterocycles. The van der Waals surface area contributed by atoms with Crippen LogP contribution in [0.1, 0.15) is 42.4 Å². The highest BCUT2D eigenvalue weighted by Crippen LogP contribution is 2.23. The van der Waals surface area contributed by atoms with Gasteiger partial charge >= 0.3 is 6.03 Å². The van der Waals surface area contributed by atoms with E-state index in [0.717, 1.165) is 37.9 Å². The Labute approximate surface area is 186 Å². The number of piperidine rings is 1. The molecular weight excluding hydrogens is 386 g/mol. The van der Waals surface area contributed by atoms with Crippen molar-refractivity contribution >= 4 is 11.9 Å². The van der Waals surface area contributed by atoms with Crippen molar-refractivity contribution in [1.82, 2.24) is 15.1 Å². The van der Waals surface area contributed by atoms with Crippen molar-refractivity contribution < 1.29 is 9.59 Å². The quantitative estimate of drug-likeness (QED) is 0.687. The summed E-state index contributed by atoms with van der Waals surface area (Å²) in [6.07, 6.45) is 4.81. The number of likely N-dealkylation sites (tertiary alicyclic amines) is 1. The summed E-state index contributed by atoms with van der Waals surface area (Å²) in [6.45, 7) is 4.71. The molecule has 0 bridgehead atoms. The van der Waals surface area contributed by atoms with Crippen molar-refractivity contribution in [2.45, 2.75) is 45.6 Å². The minimum atomic E-state index is -0.147. The highest BCUT2D eigenvalue weighted by molar-refractivity contribution is 5.78. The van der Waals surface area contributed by atoms with E-state index < -0.39 is 0 Å². The molecule has 0 radical (unpaired) electrons. The average molecular weight is 422 g/mol. The third-order valence-corrected chi connectivity index (χ3v) is 6.15. The second-order valence-corrected chi connectivity index (χ2v) is 8.67. The number of rotatable bonds is 8. The number of hydrogen-bond acceptors (Lipinski definition) is 2. The van der Waals surface area contributed by atoms with Gasteiger partial charge in [-0.3, -0.25) is 4.79 Å². The fourth-order valence-corrected chi connectivity index (χ4v) is 4.10. The summed E-state index contributed by atoms with van der Waals surface area (Å²) in [4.78, 5) is 28.4. The molecule has 31 heavy (non-hydrogen) atoms. The summed E-state index contributed by atoms with van der Waals surface area (Å²) >= 11 is 0. The maximum absolute atomic E-state index is 12.5. The maximum atomic E-state index is 12.5. The van der Waals surface area contributed by atoms with Gasteiger partial charge in [0.1, 0.15) is 0 Å². The molecule has 5 nitrogen and oxygen atoms in total. The topological polar surface area (TPSA) is 52.7 Å². The summed E-state index contributed by atoms with van der Waals surface area (Å²) in [5, 5.41) is 2.86. The molecule has 0 unspecified atom stereocenters. The molecule has 0 atom stereocenters. The first-order chi connectivity index (χ1) is 15.0. The van der Waals surface area contributed by atoms with E-state index in [1.54, 1.807) is 11.9 Å². The predicted molar refractivity (Wildman–Crippen MR) is 125 cm³/mol. The van der Waals surface area contributed by atoms with Gasteiger partial charge in [0.05, 0.1) is 0 Å². The lowest BCUT2D eigenvalue weighted by Gasteiger charge is -2.32. The summed E-state index contributed by atoms with van der Waals surface area (Å²) in [7, 11) is 1.77. The average Bonchev–Trinajstić information content (AvgIpc) is 2.79. The van der Waals surface area contributed by atoms with Crippen LogP contribution in [0.3, 0.4) is 0 Å². The van der Waals surface area contributed by atoms with Gasteiger partial charge in [0.15, 0.2) is 0 Å². The molecule has 3 amide bonds. The summed E-state index contributed by atoms with van der Waals surface area (Å²) in [5.74, 6) is 0.833. The van der Waals surface area contributed by atoms with Crippen LogP contribution in [0.4, 0.5) is 4.79 Å². The van der Waals surface area contributed by atoms with Crippen LogP contribution in [-0.4, -0.2) is 48.4 Å². The Morgan fingerprint density at radius 3 is 2.35 bits per heavy atom. The number of carbonyl (C=O) groups excluding carboxylic acids is 2. The number of aryl methyl sites for hydroxylation is 2. The number of nitrogens with zero attached hydrogens (tertiary/aromatic N) is 2. The second-order valence-electron chi connectivity index (χ2n) is 8.67. The molecule has 5 heteroatoms. The van der Waals surface area contributed by atoms with Gasteiger partial charge < -0.3 is 15.1 Å². The van der Waals surface area contributed by atoms with Crippen molar-refractivity contribution in [2.24, 2.45) is 5.92 Å². The SMILES string of the molecule is Cc1ccc(CCC2CCN(C(=O)CCNC(=O)N(C)Cc3ccccc3)CC2)cc1. The lowest BCUT2D eigenvalue weighted by Crippen LogP contribution is -2.42. The van der Waals surface area contributed by atoms with Crippen molar-refractivity contribution in [3.63, 3.8) is 0 Å². The Morgan fingerprint density at radius 1 is 1.00 bits per heavy atom. The molecule has 0 aromatic heterocycles. The highest BCUT2D eigenvalue weighted by atomic mass is 16.2. The van der Waals surface area contributed by atoms with E-state index in [9.17, 15) is 9.59 Å². The van der Waals surface area contributed by atoms with E-state index in [4.69, 9.17) is 0 Å². The lowest BCUT2D eigenvalue weighted by molar-refractivity contribution is -0.132. The molecule has 3 rings (SSSR count). The Kier molecular flexibility index (Phi) is 8.51. The molecule has 1 heterocycles. The molecule has 1 aliphatic heterocycles. The lowest BCUT2D eigenvalue weighted by atomic mass is 9.90. The van der Waals surface area contributed by atoms with Gasteiger partial charge in [-0.25, -0.2) is 4.79 Å². The van der Waals surface area contributed by atoms with Gasteiger partial charge in [-0.2, -0.15) is 0 Å². The number of carbonyl (C=O) groups is 2. The van der Waals surface area contributed by atoms with Gasteiger partial charge in [-0.15, -0.1) is 0 Å². The molecule has 2 aromatic rings. The van der Waals surface area contributed by atoms with Crippen molar-refractivity contribution in [1.29, 1.82) is 0 Å². The minimum Gasteiger partial charge on any atom is -0.343 e. The zero-order valence-electron chi connectivity index (χ0n) is 18.8. The van der Waals surface area contributed by atoms with E-state index in [0.29, 0.717) is 25.4 Å². The van der Waals surface area contributed by atoms with E-state index in [2.05, 4.69) is 36.5 Å². The van der Waals surface area contributed by atoms with Crippen molar-refractivity contribution in [2.75, 3.05) is 26.7 Å². The van der Waals surface area contributed by atoms with Gasteiger partial charge in [-0.1, -0.05) is 60.2 Å². The third kappa shape index (κ3) is 7.42. The Bertz CT molecular complexity index is 827. The minimum absolute atomic E-state index is 0.142. The summed E-state index contributed by atoms with van der Waals surface area (Å²) in [5.41, 5.74) is 3.79. The van der Waals surface area contributed by atoms with Crippen molar-refractivity contribution in [3.8, 4) is 0 Å². The van der Waals surface area contributed by atoms with Gasteiger partial charge in [0.25, 0.3) is 0 Å². The number of urea groups is 1. The second kappa shape index (κ2) is 11.5. The Balaban J connectivity index is 1.30. The predicted octanol–water partition coefficient (Wildman–Crippen LogP) is 4.40. The maximum Gasteiger partial charge on any atom is 0.317 e. The number of nitrogens with one attached hydrogen (secondary N) is 1. The largest absolute Gasteiger partial charge is 0.343 e. The van der Waals surface area contributed by atoms with E-state index in [-0.39, 0.29) is 11.9 Å². The van der Waals surface area contributed by atoms with E-state index in [1.165, 1.54) is 17.5 Å². The fraction of sp³-hybridized carbons (Fsp3) is 0.462. The number of benzene rings is 2. The first-order valence-electron chi connectivity index (χ1n) is 11.4. The molecule has 1 N–H and O–H groups in total. The van der Waals surface area contributed by atoms with Gasteiger partial charge in [-0.05, 0) is 49.7 Å².